The molecule has 2 aromatic heterocycles. The van der Waals surface area contributed by atoms with E-state index in [-0.39, 0.29) is 0 Å². The molecule has 2 heterocycles. The Balaban J connectivity index is 1.17. The fourth-order valence-corrected chi connectivity index (χ4v) is 7.98. The third-order valence-electron chi connectivity index (χ3n) is 10.6. The number of nitrogens with zero attached hydrogens (tertiary/aromatic N) is 4. The molecule has 0 unspecified atom stereocenters. The third kappa shape index (κ3) is 6.39. The molecule has 10 aromatic rings. The van der Waals surface area contributed by atoms with Gasteiger partial charge < -0.3 is 14.4 Å². The van der Waals surface area contributed by atoms with Crippen LogP contribution < -0.4 is 9.80 Å². The van der Waals surface area contributed by atoms with Gasteiger partial charge >= 0.3 is 0 Å². The van der Waals surface area contributed by atoms with Crippen molar-refractivity contribution in [2.75, 3.05) is 9.80 Å². The van der Waals surface area contributed by atoms with Gasteiger partial charge in [-0.1, -0.05) is 140 Å². The van der Waals surface area contributed by atoms with Crippen molar-refractivity contribution in [2.24, 2.45) is 0 Å². The highest BCUT2D eigenvalue weighted by molar-refractivity contribution is 6.08. The van der Waals surface area contributed by atoms with E-state index < -0.39 is 0 Å². The Morgan fingerprint density at radius 3 is 1.49 bits per heavy atom. The third-order valence-corrected chi connectivity index (χ3v) is 10.6. The van der Waals surface area contributed by atoms with Gasteiger partial charge in [0.2, 0.25) is 0 Å². The summed E-state index contributed by atoms with van der Waals surface area (Å²) in [6.45, 7) is 0. The van der Waals surface area contributed by atoms with Gasteiger partial charge in [0.25, 0.3) is 0 Å². The summed E-state index contributed by atoms with van der Waals surface area (Å²) in [7, 11) is 0. The molecular formula is C53H38N4. The summed E-state index contributed by atoms with van der Waals surface area (Å²) >= 11 is 0. The van der Waals surface area contributed by atoms with Crippen molar-refractivity contribution in [1.82, 2.24) is 9.55 Å². The monoisotopic (exact) mass is 730 g/mol. The number of hydrogen-bond donors (Lipinski definition) is 0. The largest absolute Gasteiger partial charge is 0.313 e. The summed E-state index contributed by atoms with van der Waals surface area (Å²) in [5.74, 6) is 0. The van der Waals surface area contributed by atoms with E-state index in [0.29, 0.717) is 0 Å². The number of pyridine rings is 1. The van der Waals surface area contributed by atoms with Crippen LogP contribution in [0.25, 0.3) is 49.7 Å². The van der Waals surface area contributed by atoms with E-state index in [4.69, 9.17) is 4.98 Å². The van der Waals surface area contributed by atoms with Crippen molar-refractivity contribution in [2.45, 2.75) is 0 Å². The summed E-state index contributed by atoms with van der Waals surface area (Å²) in [4.78, 5) is 9.80. The normalized spacial score (nSPS) is 11.2. The van der Waals surface area contributed by atoms with E-state index in [2.05, 4.69) is 239 Å². The number of rotatable bonds is 9. The Kier molecular flexibility index (Phi) is 8.82. The van der Waals surface area contributed by atoms with Crippen LogP contribution in [0.3, 0.4) is 0 Å². The Labute approximate surface area is 332 Å². The molecule has 0 atom stereocenters. The molecule has 270 valence electrons. The molecule has 8 aromatic carbocycles. The molecule has 0 N–H and O–H groups in total. The lowest BCUT2D eigenvalue weighted by molar-refractivity contribution is 1.12. The van der Waals surface area contributed by atoms with Gasteiger partial charge in [-0.2, -0.15) is 0 Å². The number of aromatic nitrogens is 2. The Hall–Kier alpha value is -7.69. The lowest BCUT2D eigenvalue weighted by Crippen LogP contribution is -2.13. The lowest BCUT2D eigenvalue weighted by atomic mass is 9.99. The van der Waals surface area contributed by atoms with Gasteiger partial charge in [-0.05, 0) is 106 Å². The van der Waals surface area contributed by atoms with Crippen molar-refractivity contribution < 1.29 is 0 Å². The maximum absolute atomic E-state index is 5.16. The van der Waals surface area contributed by atoms with Crippen LogP contribution in [0, 0.1) is 0 Å². The minimum absolute atomic E-state index is 0.938. The van der Waals surface area contributed by atoms with E-state index in [1.165, 1.54) is 21.9 Å². The summed E-state index contributed by atoms with van der Waals surface area (Å²) in [6.07, 6.45) is 4.22. The van der Waals surface area contributed by atoms with Crippen molar-refractivity contribution in [1.29, 1.82) is 0 Å². The molecule has 0 saturated carbocycles. The first kappa shape index (κ1) is 33.8. The maximum Gasteiger partial charge on any atom is 0.0985 e. The summed E-state index contributed by atoms with van der Waals surface area (Å²) in [5, 5.41) is 2.40. The van der Waals surface area contributed by atoms with Gasteiger partial charge in [-0.25, -0.2) is 0 Å². The van der Waals surface area contributed by atoms with Crippen LogP contribution in [0.15, 0.2) is 231 Å². The Morgan fingerprint density at radius 2 is 0.860 bits per heavy atom. The molecule has 0 amide bonds. The predicted molar refractivity (Wildman–Crippen MR) is 239 cm³/mol. The number of benzene rings is 8. The molecule has 0 bridgehead atoms. The summed E-state index contributed by atoms with van der Waals surface area (Å²) in [6, 6.07) is 77.2. The molecule has 0 saturated heterocycles. The Morgan fingerprint density at radius 1 is 0.368 bits per heavy atom. The zero-order valence-corrected chi connectivity index (χ0v) is 31.2. The van der Waals surface area contributed by atoms with Gasteiger partial charge in [0, 0.05) is 52.1 Å². The standard InChI is InChI=1S/C53H38N4/c1-5-16-39(17-6-1)40-28-30-42(31-29-40)55-38-50(49-27-15-19-41-18-13-14-26-48(41)49)52-53(55)51(36-37-54-52)57(45-24-11-4-12-25-45)47-34-32-46(33-35-47)56(43-20-7-2-8-21-43)44-22-9-3-10-23-44/h1-38H. The molecule has 0 aliphatic rings. The van der Waals surface area contributed by atoms with Crippen LogP contribution in [0.1, 0.15) is 0 Å². The quantitative estimate of drug-likeness (QED) is 0.148. The van der Waals surface area contributed by atoms with Gasteiger partial charge in [-0.3, -0.25) is 4.98 Å². The Bertz CT molecular complexity index is 2880. The molecule has 0 spiro atoms. The first-order valence-electron chi connectivity index (χ1n) is 19.3. The highest BCUT2D eigenvalue weighted by atomic mass is 15.2. The van der Waals surface area contributed by atoms with E-state index in [1.807, 2.05) is 6.20 Å². The predicted octanol–water partition coefficient (Wildman–Crippen LogP) is 14.5. The van der Waals surface area contributed by atoms with Crippen LogP contribution in [0.2, 0.25) is 0 Å². The highest BCUT2D eigenvalue weighted by Gasteiger charge is 2.23. The lowest BCUT2D eigenvalue weighted by Gasteiger charge is -2.29. The van der Waals surface area contributed by atoms with Gasteiger partial charge in [0.1, 0.15) is 0 Å². The van der Waals surface area contributed by atoms with Crippen LogP contribution in [0.4, 0.5) is 34.1 Å². The molecule has 10 rings (SSSR count). The molecule has 0 fully saturated rings. The first-order chi connectivity index (χ1) is 28.3. The maximum atomic E-state index is 5.16. The topological polar surface area (TPSA) is 24.3 Å². The fraction of sp³-hybridized carbons (Fsp3) is 0. The van der Waals surface area contributed by atoms with Crippen LogP contribution >= 0.6 is 0 Å². The summed E-state index contributed by atoms with van der Waals surface area (Å²) < 4.78 is 2.32. The van der Waals surface area contributed by atoms with Crippen molar-refractivity contribution in [3.8, 4) is 27.9 Å². The minimum Gasteiger partial charge on any atom is -0.313 e. The average Bonchev–Trinajstić information content (AvgIpc) is 3.69. The average molecular weight is 731 g/mol. The van der Waals surface area contributed by atoms with Gasteiger partial charge in [0.15, 0.2) is 0 Å². The van der Waals surface area contributed by atoms with E-state index in [0.717, 1.165) is 62.0 Å². The highest BCUT2D eigenvalue weighted by Crippen LogP contribution is 2.44. The molecule has 4 heteroatoms. The second-order valence-corrected chi connectivity index (χ2v) is 14.1. The second-order valence-electron chi connectivity index (χ2n) is 14.1. The SMILES string of the molecule is c1ccc(-c2ccc(-n3cc(-c4cccc5ccccc45)c4nccc(N(c5ccccc5)c5ccc(N(c6ccccc6)c6ccccc6)cc5)c43)cc2)cc1. The second kappa shape index (κ2) is 14.9. The van der Waals surface area contributed by atoms with Crippen LogP contribution in [-0.4, -0.2) is 9.55 Å². The number of fused-ring (bicyclic) bond motifs is 2. The number of para-hydroxylation sites is 3. The molecule has 0 aliphatic heterocycles. The first-order valence-corrected chi connectivity index (χ1v) is 19.3. The van der Waals surface area contributed by atoms with Gasteiger partial charge in [0.05, 0.1) is 16.7 Å². The van der Waals surface area contributed by atoms with Crippen molar-refractivity contribution in [3.63, 3.8) is 0 Å². The van der Waals surface area contributed by atoms with E-state index in [9.17, 15) is 0 Å². The van der Waals surface area contributed by atoms with Crippen LogP contribution in [0.5, 0.6) is 0 Å². The minimum atomic E-state index is 0.938. The molecule has 0 radical (unpaired) electrons. The van der Waals surface area contributed by atoms with Crippen molar-refractivity contribution in [3.05, 3.63) is 231 Å². The fourth-order valence-electron chi connectivity index (χ4n) is 7.98. The molecule has 57 heavy (non-hydrogen) atoms. The molecular weight excluding hydrogens is 693 g/mol. The smallest absolute Gasteiger partial charge is 0.0985 e. The summed E-state index contributed by atoms with van der Waals surface area (Å²) in [5.41, 5.74) is 14.0. The van der Waals surface area contributed by atoms with E-state index >= 15 is 0 Å². The zero-order chi connectivity index (χ0) is 38.0. The van der Waals surface area contributed by atoms with Crippen molar-refractivity contribution >= 4 is 55.9 Å². The van der Waals surface area contributed by atoms with Crippen LogP contribution in [-0.2, 0) is 0 Å². The molecule has 0 aliphatic carbocycles. The molecule has 4 nitrogen and oxygen atoms in total. The number of hydrogen-bond acceptors (Lipinski definition) is 3. The zero-order valence-electron chi connectivity index (χ0n) is 31.2. The van der Waals surface area contributed by atoms with E-state index in [1.54, 1.807) is 0 Å². The van der Waals surface area contributed by atoms with Gasteiger partial charge in [-0.15, -0.1) is 0 Å². The number of anilines is 6.